The van der Waals surface area contributed by atoms with E-state index in [1.807, 2.05) is 25.1 Å². The van der Waals surface area contributed by atoms with Crippen molar-refractivity contribution in [3.63, 3.8) is 0 Å². The van der Waals surface area contributed by atoms with E-state index in [0.29, 0.717) is 19.1 Å². The highest BCUT2D eigenvalue weighted by atomic mass is 127. The van der Waals surface area contributed by atoms with Crippen molar-refractivity contribution in [2.24, 2.45) is 10.7 Å². The predicted molar refractivity (Wildman–Crippen MR) is 95.6 cm³/mol. The van der Waals surface area contributed by atoms with Gasteiger partial charge in [-0.05, 0) is 25.0 Å². The molecule has 0 atom stereocenters. The minimum Gasteiger partial charge on any atom is -0.494 e. The highest BCUT2D eigenvalue weighted by molar-refractivity contribution is 14.0. The zero-order chi connectivity index (χ0) is 14.2. The normalized spacial score (nSPS) is 15.5. The van der Waals surface area contributed by atoms with Crippen molar-refractivity contribution >= 4 is 29.9 Å². The molecule has 21 heavy (non-hydrogen) atoms. The van der Waals surface area contributed by atoms with E-state index in [4.69, 9.17) is 15.2 Å². The lowest BCUT2D eigenvalue weighted by Crippen LogP contribution is -2.44. The second-order valence-electron chi connectivity index (χ2n) is 4.63. The van der Waals surface area contributed by atoms with Crippen LogP contribution in [-0.4, -0.2) is 50.3 Å². The van der Waals surface area contributed by atoms with Crippen molar-refractivity contribution in [2.45, 2.75) is 13.3 Å². The summed E-state index contributed by atoms with van der Waals surface area (Å²) in [6, 6.07) is 8.08. The van der Waals surface area contributed by atoms with E-state index in [-0.39, 0.29) is 24.0 Å². The molecule has 0 aromatic heterocycles. The molecule has 1 aliphatic heterocycles. The molecule has 1 saturated heterocycles. The topological polar surface area (TPSA) is 60.1 Å². The molecule has 1 aliphatic rings. The summed E-state index contributed by atoms with van der Waals surface area (Å²) >= 11 is 0. The van der Waals surface area contributed by atoms with Crippen LogP contribution >= 0.6 is 24.0 Å². The lowest BCUT2D eigenvalue weighted by atomic mass is 10.1. The molecular formula is C15H24IN3O2. The number of ether oxygens (including phenoxy) is 2. The summed E-state index contributed by atoms with van der Waals surface area (Å²) in [5, 5.41) is 0. The molecule has 118 valence electrons. The van der Waals surface area contributed by atoms with E-state index in [0.717, 1.165) is 38.5 Å². The summed E-state index contributed by atoms with van der Waals surface area (Å²) in [5.41, 5.74) is 7.17. The lowest BCUT2D eigenvalue weighted by molar-refractivity contribution is 0.0674. The Bertz CT molecular complexity index is 448. The number of aliphatic imine (C=N–C) groups is 1. The van der Waals surface area contributed by atoms with Crippen molar-refractivity contribution in [3.8, 4) is 5.75 Å². The third kappa shape index (κ3) is 5.70. The lowest BCUT2D eigenvalue weighted by Gasteiger charge is -2.27. The maximum atomic E-state index is 6.00. The average molecular weight is 405 g/mol. The van der Waals surface area contributed by atoms with Gasteiger partial charge in [-0.2, -0.15) is 0 Å². The fraction of sp³-hybridized carbons (Fsp3) is 0.533. The Labute approximate surface area is 143 Å². The molecule has 0 aliphatic carbocycles. The number of rotatable bonds is 5. The summed E-state index contributed by atoms with van der Waals surface area (Å²) in [5.74, 6) is 1.55. The quantitative estimate of drug-likeness (QED) is 0.462. The van der Waals surface area contributed by atoms with Crippen LogP contribution in [0.5, 0.6) is 5.75 Å². The number of nitrogens with two attached hydrogens (primary N) is 1. The Hall–Kier alpha value is -1.02. The molecule has 0 amide bonds. The molecule has 0 spiro atoms. The van der Waals surface area contributed by atoms with E-state index in [9.17, 15) is 0 Å². The minimum atomic E-state index is 0. The minimum absolute atomic E-state index is 0. The standard InChI is InChI=1S/C15H23N3O2.HI/c1-2-20-14-6-4-3-5-13(14)7-8-17-15(16)18-9-11-19-12-10-18;/h3-6H,2,7-12H2,1H3,(H2,16,17);1H. The van der Waals surface area contributed by atoms with Gasteiger partial charge in [0.05, 0.1) is 19.8 Å². The van der Waals surface area contributed by atoms with Gasteiger partial charge in [0.15, 0.2) is 5.96 Å². The summed E-state index contributed by atoms with van der Waals surface area (Å²) in [6.07, 6.45) is 0.835. The van der Waals surface area contributed by atoms with Crippen LogP contribution < -0.4 is 10.5 Å². The largest absolute Gasteiger partial charge is 0.494 e. The maximum Gasteiger partial charge on any atom is 0.191 e. The molecule has 0 unspecified atom stereocenters. The Morgan fingerprint density at radius 3 is 2.76 bits per heavy atom. The SMILES string of the molecule is CCOc1ccccc1CCN=C(N)N1CCOCC1.I. The zero-order valence-electron chi connectivity index (χ0n) is 12.5. The number of halogens is 1. The molecular weight excluding hydrogens is 381 g/mol. The van der Waals surface area contributed by atoms with Crippen molar-refractivity contribution in [2.75, 3.05) is 39.5 Å². The number of guanidine groups is 1. The molecule has 5 nitrogen and oxygen atoms in total. The van der Waals surface area contributed by atoms with Crippen LogP contribution in [0.3, 0.4) is 0 Å². The fourth-order valence-electron chi connectivity index (χ4n) is 2.19. The first kappa shape index (κ1) is 18.0. The first-order valence-electron chi connectivity index (χ1n) is 7.14. The molecule has 1 aromatic rings. The summed E-state index contributed by atoms with van der Waals surface area (Å²) < 4.78 is 10.9. The van der Waals surface area contributed by atoms with E-state index in [2.05, 4.69) is 16.0 Å². The molecule has 1 fully saturated rings. The molecule has 0 saturated carbocycles. The van der Waals surface area contributed by atoms with E-state index in [1.165, 1.54) is 5.56 Å². The molecule has 2 N–H and O–H groups in total. The smallest absolute Gasteiger partial charge is 0.191 e. The molecule has 1 aromatic carbocycles. The predicted octanol–water partition coefficient (Wildman–Crippen LogP) is 1.89. The first-order valence-corrected chi connectivity index (χ1v) is 7.14. The van der Waals surface area contributed by atoms with E-state index < -0.39 is 0 Å². The number of para-hydroxylation sites is 1. The molecule has 2 rings (SSSR count). The van der Waals surface area contributed by atoms with Gasteiger partial charge in [0.1, 0.15) is 5.75 Å². The van der Waals surface area contributed by atoms with Crippen molar-refractivity contribution in [3.05, 3.63) is 29.8 Å². The van der Waals surface area contributed by atoms with Gasteiger partial charge in [0, 0.05) is 19.6 Å². The van der Waals surface area contributed by atoms with Crippen LogP contribution in [0, 0.1) is 0 Å². The molecule has 6 heteroatoms. The summed E-state index contributed by atoms with van der Waals surface area (Å²) in [7, 11) is 0. The number of benzene rings is 1. The Morgan fingerprint density at radius 2 is 2.05 bits per heavy atom. The van der Waals surface area contributed by atoms with Gasteiger partial charge in [0.2, 0.25) is 0 Å². The zero-order valence-corrected chi connectivity index (χ0v) is 14.8. The summed E-state index contributed by atoms with van der Waals surface area (Å²) in [6.45, 7) is 6.44. The second kappa shape index (κ2) is 9.83. The second-order valence-corrected chi connectivity index (χ2v) is 4.63. The third-order valence-electron chi connectivity index (χ3n) is 3.26. The van der Waals surface area contributed by atoms with Gasteiger partial charge < -0.3 is 20.1 Å². The summed E-state index contributed by atoms with van der Waals surface area (Å²) in [4.78, 5) is 6.52. The van der Waals surface area contributed by atoms with Crippen LogP contribution in [0.25, 0.3) is 0 Å². The van der Waals surface area contributed by atoms with Crippen LogP contribution in [-0.2, 0) is 11.2 Å². The Morgan fingerprint density at radius 1 is 1.33 bits per heavy atom. The van der Waals surface area contributed by atoms with Gasteiger partial charge in [-0.1, -0.05) is 18.2 Å². The van der Waals surface area contributed by atoms with Crippen molar-refractivity contribution < 1.29 is 9.47 Å². The van der Waals surface area contributed by atoms with E-state index >= 15 is 0 Å². The molecule has 0 bridgehead atoms. The Kier molecular flexibility index (Phi) is 8.44. The molecule has 1 heterocycles. The number of hydrogen-bond acceptors (Lipinski definition) is 3. The molecule has 0 radical (unpaired) electrons. The van der Waals surface area contributed by atoms with Crippen LogP contribution in [0.15, 0.2) is 29.3 Å². The van der Waals surface area contributed by atoms with Crippen LogP contribution in [0.2, 0.25) is 0 Å². The van der Waals surface area contributed by atoms with Gasteiger partial charge in [-0.15, -0.1) is 24.0 Å². The van der Waals surface area contributed by atoms with Gasteiger partial charge in [-0.3, -0.25) is 4.99 Å². The van der Waals surface area contributed by atoms with Gasteiger partial charge >= 0.3 is 0 Å². The maximum absolute atomic E-state index is 6.00. The highest BCUT2D eigenvalue weighted by Crippen LogP contribution is 2.18. The highest BCUT2D eigenvalue weighted by Gasteiger charge is 2.11. The van der Waals surface area contributed by atoms with Crippen molar-refractivity contribution in [1.82, 2.24) is 4.90 Å². The van der Waals surface area contributed by atoms with Crippen molar-refractivity contribution in [1.29, 1.82) is 0 Å². The van der Waals surface area contributed by atoms with E-state index in [1.54, 1.807) is 0 Å². The number of morpholine rings is 1. The Balaban J connectivity index is 0.00000220. The van der Waals surface area contributed by atoms with Gasteiger partial charge in [-0.25, -0.2) is 0 Å². The third-order valence-corrected chi connectivity index (χ3v) is 3.26. The van der Waals surface area contributed by atoms with Crippen LogP contribution in [0.1, 0.15) is 12.5 Å². The monoisotopic (exact) mass is 405 g/mol. The van der Waals surface area contributed by atoms with Gasteiger partial charge in [0.25, 0.3) is 0 Å². The fourth-order valence-corrected chi connectivity index (χ4v) is 2.19. The first-order chi connectivity index (χ1) is 9.81. The number of nitrogens with zero attached hydrogens (tertiary/aromatic N) is 2. The number of hydrogen-bond donors (Lipinski definition) is 1. The average Bonchev–Trinajstić information content (AvgIpc) is 2.50. The van der Waals surface area contributed by atoms with Crippen LogP contribution in [0.4, 0.5) is 0 Å².